The maximum Gasteiger partial charge on any atom is 0.135 e. The van der Waals surface area contributed by atoms with Gasteiger partial charge in [0.15, 0.2) is 0 Å². The summed E-state index contributed by atoms with van der Waals surface area (Å²) in [6, 6.07) is 3.71. The smallest absolute Gasteiger partial charge is 0.135 e. The van der Waals surface area contributed by atoms with Crippen LogP contribution >= 0.6 is 0 Å². The molecule has 0 aliphatic carbocycles. The van der Waals surface area contributed by atoms with Crippen molar-refractivity contribution in [1.82, 2.24) is 0 Å². The zero-order valence-electron chi connectivity index (χ0n) is 7.22. The van der Waals surface area contributed by atoms with Crippen molar-refractivity contribution in [3.8, 4) is 0 Å². The molecule has 2 heteroatoms. The number of aryl methyl sites for hydroxylation is 1. The maximum absolute atomic E-state index is 9.50. The normalized spacial score (nSPS) is 12.0. The van der Waals surface area contributed by atoms with Gasteiger partial charge in [-0.1, -0.05) is 6.92 Å². The molecule has 0 atom stereocenters. The van der Waals surface area contributed by atoms with Gasteiger partial charge in [-0.3, -0.25) is 0 Å². The summed E-state index contributed by atoms with van der Waals surface area (Å²) < 4.78 is 5.35. The van der Waals surface area contributed by atoms with Gasteiger partial charge in [-0.05, 0) is 26.0 Å². The van der Waals surface area contributed by atoms with Crippen LogP contribution in [0.1, 0.15) is 32.3 Å². The summed E-state index contributed by atoms with van der Waals surface area (Å²) >= 11 is 0. The highest BCUT2D eigenvalue weighted by atomic mass is 16.4. The fraction of sp³-hybridized carbons (Fsp3) is 0.556. The first kappa shape index (κ1) is 8.34. The monoisotopic (exact) mass is 154 g/mol. The van der Waals surface area contributed by atoms with Crippen molar-refractivity contribution in [2.45, 2.75) is 32.8 Å². The molecular formula is C9H14O2. The molecule has 0 fully saturated rings. The van der Waals surface area contributed by atoms with Gasteiger partial charge in [0.2, 0.25) is 0 Å². The molecule has 1 heterocycles. The molecule has 0 aliphatic rings. The number of rotatable bonds is 2. The topological polar surface area (TPSA) is 33.4 Å². The van der Waals surface area contributed by atoms with E-state index in [1.165, 1.54) is 0 Å². The van der Waals surface area contributed by atoms with Gasteiger partial charge >= 0.3 is 0 Å². The van der Waals surface area contributed by atoms with Crippen molar-refractivity contribution in [2.75, 3.05) is 0 Å². The molecular weight excluding hydrogens is 140 g/mol. The van der Waals surface area contributed by atoms with Gasteiger partial charge in [-0.15, -0.1) is 0 Å². The molecule has 0 radical (unpaired) electrons. The summed E-state index contributed by atoms with van der Waals surface area (Å²) in [6.07, 6.45) is 0.871. The largest absolute Gasteiger partial charge is 0.463 e. The summed E-state index contributed by atoms with van der Waals surface area (Å²) in [5, 5.41) is 9.50. The fourth-order valence-corrected chi connectivity index (χ4v) is 0.897. The van der Waals surface area contributed by atoms with E-state index in [9.17, 15) is 5.11 Å². The molecule has 0 unspecified atom stereocenters. The van der Waals surface area contributed by atoms with Crippen LogP contribution in [0.2, 0.25) is 0 Å². The average Bonchev–Trinajstić information content (AvgIpc) is 2.32. The summed E-state index contributed by atoms with van der Waals surface area (Å²) in [5.74, 6) is 1.55. The summed E-state index contributed by atoms with van der Waals surface area (Å²) in [4.78, 5) is 0. The molecule has 0 saturated heterocycles. The van der Waals surface area contributed by atoms with Gasteiger partial charge < -0.3 is 9.52 Å². The molecule has 0 bridgehead atoms. The number of furan rings is 1. The predicted octanol–water partition coefficient (Wildman–Crippen LogP) is 2.07. The lowest BCUT2D eigenvalue weighted by molar-refractivity contribution is 0.0530. The Bertz CT molecular complexity index is 230. The molecule has 1 rings (SSSR count). The van der Waals surface area contributed by atoms with Crippen molar-refractivity contribution >= 4 is 0 Å². The third-order valence-electron chi connectivity index (χ3n) is 1.61. The van der Waals surface area contributed by atoms with Crippen molar-refractivity contribution in [2.24, 2.45) is 0 Å². The van der Waals surface area contributed by atoms with E-state index in [2.05, 4.69) is 0 Å². The van der Waals surface area contributed by atoms with Gasteiger partial charge in [0, 0.05) is 6.42 Å². The van der Waals surface area contributed by atoms with E-state index in [4.69, 9.17) is 4.42 Å². The number of aliphatic hydroxyl groups is 1. The van der Waals surface area contributed by atoms with E-state index in [1.54, 1.807) is 13.8 Å². The van der Waals surface area contributed by atoms with Crippen LogP contribution in [0.15, 0.2) is 16.5 Å². The van der Waals surface area contributed by atoms with Gasteiger partial charge in [-0.2, -0.15) is 0 Å². The minimum atomic E-state index is -0.854. The molecule has 0 amide bonds. The second-order valence-electron chi connectivity index (χ2n) is 3.18. The highest BCUT2D eigenvalue weighted by Crippen LogP contribution is 2.21. The molecule has 0 saturated carbocycles. The van der Waals surface area contributed by atoms with E-state index in [0.29, 0.717) is 5.76 Å². The SMILES string of the molecule is CCc1ccc(C(C)(C)O)o1. The number of hydrogen-bond acceptors (Lipinski definition) is 2. The Morgan fingerprint density at radius 3 is 2.36 bits per heavy atom. The molecule has 62 valence electrons. The lowest BCUT2D eigenvalue weighted by atomic mass is 10.1. The van der Waals surface area contributed by atoms with Crippen LogP contribution in [0.5, 0.6) is 0 Å². The molecule has 1 N–H and O–H groups in total. The summed E-state index contributed by atoms with van der Waals surface area (Å²) in [6.45, 7) is 5.45. The fourth-order valence-electron chi connectivity index (χ4n) is 0.897. The summed E-state index contributed by atoms with van der Waals surface area (Å²) in [7, 11) is 0. The Kier molecular flexibility index (Phi) is 2.05. The van der Waals surface area contributed by atoms with Crippen LogP contribution in [0.4, 0.5) is 0 Å². The van der Waals surface area contributed by atoms with Crippen LogP contribution < -0.4 is 0 Å². The third-order valence-corrected chi connectivity index (χ3v) is 1.61. The highest BCUT2D eigenvalue weighted by Gasteiger charge is 2.19. The van der Waals surface area contributed by atoms with Crippen LogP contribution in [0, 0.1) is 0 Å². The zero-order valence-corrected chi connectivity index (χ0v) is 7.22. The van der Waals surface area contributed by atoms with Gasteiger partial charge in [0.1, 0.15) is 17.1 Å². The second kappa shape index (κ2) is 2.70. The van der Waals surface area contributed by atoms with Crippen molar-refractivity contribution in [3.05, 3.63) is 23.7 Å². The first-order chi connectivity index (χ1) is 5.04. The Labute approximate surface area is 66.8 Å². The Hall–Kier alpha value is -0.760. The molecule has 0 aromatic carbocycles. The minimum Gasteiger partial charge on any atom is -0.463 e. The van der Waals surface area contributed by atoms with Crippen molar-refractivity contribution in [3.63, 3.8) is 0 Å². The molecule has 0 spiro atoms. The molecule has 2 nitrogen and oxygen atoms in total. The quantitative estimate of drug-likeness (QED) is 0.707. The molecule has 1 aromatic rings. The first-order valence-corrected chi connectivity index (χ1v) is 3.85. The van der Waals surface area contributed by atoms with Crippen LogP contribution in [0.25, 0.3) is 0 Å². The van der Waals surface area contributed by atoms with Gasteiger partial charge in [0.05, 0.1) is 0 Å². The predicted molar refractivity (Wildman–Crippen MR) is 43.3 cm³/mol. The van der Waals surface area contributed by atoms with E-state index >= 15 is 0 Å². The second-order valence-corrected chi connectivity index (χ2v) is 3.18. The van der Waals surface area contributed by atoms with E-state index in [1.807, 2.05) is 19.1 Å². The maximum atomic E-state index is 9.50. The molecule has 1 aromatic heterocycles. The zero-order chi connectivity index (χ0) is 8.48. The van der Waals surface area contributed by atoms with E-state index in [0.717, 1.165) is 12.2 Å². The average molecular weight is 154 g/mol. The molecule has 11 heavy (non-hydrogen) atoms. The number of hydrogen-bond donors (Lipinski definition) is 1. The van der Waals surface area contributed by atoms with Gasteiger partial charge in [0.25, 0.3) is 0 Å². The minimum absolute atomic E-state index is 0.634. The van der Waals surface area contributed by atoms with E-state index < -0.39 is 5.60 Å². The van der Waals surface area contributed by atoms with Crippen LogP contribution in [-0.4, -0.2) is 5.11 Å². The third kappa shape index (κ3) is 1.84. The van der Waals surface area contributed by atoms with Gasteiger partial charge in [-0.25, -0.2) is 0 Å². The van der Waals surface area contributed by atoms with Crippen LogP contribution in [0.3, 0.4) is 0 Å². The van der Waals surface area contributed by atoms with Crippen LogP contribution in [-0.2, 0) is 12.0 Å². The highest BCUT2D eigenvalue weighted by molar-refractivity contribution is 5.11. The first-order valence-electron chi connectivity index (χ1n) is 3.85. The Morgan fingerprint density at radius 2 is 2.09 bits per heavy atom. The Morgan fingerprint density at radius 1 is 1.45 bits per heavy atom. The van der Waals surface area contributed by atoms with Crippen molar-refractivity contribution < 1.29 is 9.52 Å². The lowest BCUT2D eigenvalue weighted by Gasteiger charge is -2.12. The Balaban J connectivity index is 2.89. The van der Waals surface area contributed by atoms with E-state index in [-0.39, 0.29) is 0 Å². The standard InChI is InChI=1S/C9H14O2/c1-4-7-5-6-8(11-7)9(2,3)10/h5-6,10H,4H2,1-3H3. The lowest BCUT2D eigenvalue weighted by Crippen LogP contribution is -2.13. The summed E-state index contributed by atoms with van der Waals surface area (Å²) in [5.41, 5.74) is -0.854. The van der Waals surface area contributed by atoms with Crippen molar-refractivity contribution in [1.29, 1.82) is 0 Å². The molecule has 0 aliphatic heterocycles.